The molecule has 0 spiro atoms. The number of carbonyl (C=O) groups is 1. The first-order valence-electron chi connectivity index (χ1n) is 7.97. The molecule has 0 unspecified atom stereocenters. The molecule has 2 aliphatic rings. The van der Waals surface area contributed by atoms with Crippen LogP contribution >= 0.6 is 0 Å². The van der Waals surface area contributed by atoms with Crippen LogP contribution in [-0.2, 0) is 0 Å². The Kier molecular flexibility index (Phi) is 2.56. The number of nitrogens with one attached hydrogen (secondary N) is 1. The second kappa shape index (κ2) is 4.55. The Morgan fingerprint density at radius 1 is 1.17 bits per heavy atom. The van der Waals surface area contributed by atoms with Gasteiger partial charge in [-0.05, 0) is 30.3 Å². The van der Waals surface area contributed by atoms with Crippen LogP contribution in [0.2, 0.25) is 0 Å². The Balaban J connectivity index is 1.72. The SMILES string of the molecule is O=C1c2cc3cc[nH]c3cc2N=C2N(c3ccccc3)CC[C@@]12O. The van der Waals surface area contributed by atoms with Gasteiger partial charge in [0.25, 0.3) is 0 Å². The van der Waals surface area contributed by atoms with Crippen molar-refractivity contribution in [2.24, 2.45) is 4.99 Å². The number of aromatic nitrogens is 1. The predicted molar refractivity (Wildman–Crippen MR) is 93.1 cm³/mol. The maximum absolute atomic E-state index is 13.0. The van der Waals surface area contributed by atoms with Crippen LogP contribution in [0.3, 0.4) is 0 Å². The Labute approximate surface area is 138 Å². The average Bonchev–Trinajstić information content (AvgIpc) is 3.19. The number of nitrogens with zero attached hydrogens (tertiary/aromatic N) is 2. The Morgan fingerprint density at radius 2 is 2.00 bits per heavy atom. The van der Waals surface area contributed by atoms with Crippen molar-refractivity contribution in [3.8, 4) is 0 Å². The molecule has 1 aromatic heterocycles. The van der Waals surface area contributed by atoms with Gasteiger partial charge in [0.1, 0.15) is 5.84 Å². The predicted octanol–water partition coefficient (Wildman–Crippen LogP) is 3.04. The fourth-order valence-corrected chi connectivity index (χ4v) is 3.64. The molecule has 2 aliphatic heterocycles. The van der Waals surface area contributed by atoms with Crippen molar-refractivity contribution in [1.29, 1.82) is 0 Å². The number of aromatic amines is 1. The highest BCUT2D eigenvalue weighted by Crippen LogP contribution is 2.40. The molecule has 0 bridgehead atoms. The molecular formula is C19H15N3O2. The second-order valence-corrected chi connectivity index (χ2v) is 6.30. The maximum Gasteiger partial charge on any atom is 0.204 e. The van der Waals surface area contributed by atoms with Gasteiger partial charge in [0.05, 0.1) is 5.69 Å². The summed E-state index contributed by atoms with van der Waals surface area (Å²) in [5.74, 6) is 0.168. The van der Waals surface area contributed by atoms with Crippen LogP contribution in [0.1, 0.15) is 16.8 Å². The minimum absolute atomic E-state index is 0.260. The van der Waals surface area contributed by atoms with Gasteiger partial charge < -0.3 is 15.0 Å². The number of para-hydroxylation sites is 1. The first-order valence-corrected chi connectivity index (χ1v) is 7.97. The number of ketones is 1. The Hall–Kier alpha value is -2.92. The molecule has 0 aliphatic carbocycles. The summed E-state index contributed by atoms with van der Waals surface area (Å²) in [4.78, 5) is 22.7. The van der Waals surface area contributed by atoms with E-state index in [0.29, 0.717) is 30.1 Å². The summed E-state index contributed by atoms with van der Waals surface area (Å²) < 4.78 is 0. The van der Waals surface area contributed by atoms with E-state index in [2.05, 4.69) is 9.98 Å². The zero-order chi connectivity index (χ0) is 16.3. The van der Waals surface area contributed by atoms with Crippen LogP contribution in [0.15, 0.2) is 59.7 Å². The number of anilines is 1. The highest BCUT2D eigenvalue weighted by Gasteiger charge is 2.52. The fraction of sp³-hybridized carbons (Fsp3) is 0.158. The van der Waals surface area contributed by atoms with Crippen LogP contribution in [0.4, 0.5) is 11.4 Å². The Bertz CT molecular complexity index is 1010. The molecule has 1 atom stereocenters. The lowest BCUT2D eigenvalue weighted by Gasteiger charge is -2.29. The molecule has 3 aromatic rings. The zero-order valence-corrected chi connectivity index (χ0v) is 12.9. The van der Waals surface area contributed by atoms with Crippen molar-refractivity contribution in [2.45, 2.75) is 12.0 Å². The summed E-state index contributed by atoms with van der Waals surface area (Å²) >= 11 is 0. The second-order valence-electron chi connectivity index (χ2n) is 6.30. The molecule has 0 radical (unpaired) electrons. The third-order valence-corrected chi connectivity index (χ3v) is 4.91. The first-order chi connectivity index (χ1) is 11.7. The lowest BCUT2D eigenvalue weighted by molar-refractivity contribution is 0.0602. The number of amidine groups is 1. The third kappa shape index (κ3) is 1.67. The molecular weight excluding hydrogens is 302 g/mol. The fourth-order valence-electron chi connectivity index (χ4n) is 3.64. The molecule has 5 heteroatoms. The number of carbonyl (C=O) groups excluding carboxylic acids is 1. The topological polar surface area (TPSA) is 68.7 Å². The molecule has 0 saturated carbocycles. The monoisotopic (exact) mass is 317 g/mol. The van der Waals surface area contributed by atoms with Crippen LogP contribution < -0.4 is 4.90 Å². The van der Waals surface area contributed by atoms with Crippen molar-refractivity contribution in [3.63, 3.8) is 0 Å². The number of H-pyrrole nitrogens is 1. The van der Waals surface area contributed by atoms with E-state index in [1.54, 1.807) is 0 Å². The largest absolute Gasteiger partial charge is 0.374 e. The molecule has 2 N–H and O–H groups in total. The van der Waals surface area contributed by atoms with Gasteiger partial charge in [-0.15, -0.1) is 0 Å². The van der Waals surface area contributed by atoms with Crippen LogP contribution in [0, 0.1) is 0 Å². The summed E-state index contributed by atoms with van der Waals surface area (Å²) in [7, 11) is 0. The minimum Gasteiger partial charge on any atom is -0.374 e. The standard InChI is InChI=1S/C19H15N3O2/c23-17-14-10-12-6-8-20-15(12)11-16(14)21-18-19(17,24)7-9-22(18)13-4-2-1-3-5-13/h1-6,8,10-11,20,24H,7,9H2/t19-/m1/s1. The van der Waals surface area contributed by atoms with Crippen LogP contribution in [0.5, 0.6) is 0 Å². The number of hydrogen-bond donors (Lipinski definition) is 2. The van der Waals surface area contributed by atoms with E-state index in [0.717, 1.165) is 16.6 Å². The van der Waals surface area contributed by atoms with Gasteiger partial charge in [-0.25, -0.2) is 4.99 Å². The number of aliphatic imine (C=N–C) groups is 1. The molecule has 3 heterocycles. The molecule has 5 rings (SSSR count). The van der Waals surface area contributed by atoms with Crippen LogP contribution in [0.25, 0.3) is 10.9 Å². The summed E-state index contributed by atoms with van der Waals surface area (Å²) in [5, 5.41) is 12.0. The first kappa shape index (κ1) is 13.5. The average molecular weight is 317 g/mol. The number of rotatable bonds is 1. The molecule has 1 saturated heterocycles. The molecule has 118 valence electrons. The van der Waals surface area contributed by atoms with E-state index in [4.69, 9.17) is 0 Å². The van der Waals surface area contributed by atoms with Crippen LogP contribution in [-0.4, -0.2) is 33.9 Å². The summed E-state index contributed by atoms with van der Waals surface area (Å²) in [6.07, 6.45) is 2.18. The van der Waals surface area contributed by atoms with Gasteiger partial charge >= 0.3 is 0 Å². The Morgan fingerprint density at radius 3 is 2.83 bits per heavy atom. The van der Waals surface area contributed by atoms with Gasteiger partial charge in [0.15, 0.2) is 5.60 Å². The number of aliphatic hydroxyl groups is 1. The van der Waals surface area contributed by atoms with Gasteiger partial charge in [-0.2, -0.15) is 0 Å². The summed E-state index contributed by atoms with van der Waals surface area (Å²) in [6.45, 7) is 0.566. The number of benzene rings is 2. The molecule has 0 amide bonds. The van der Waals surface area contributed by atoms with Crippen molar-refractivity contribution in [3.05, 3.63) is 60.3 Å². The maximum atomic E-state index is 13.0. The molecule has 5 nitrogen and oxygen atoms in total. The van der Waals surface area contributed by atoms with E-state index >= 15 is 0 Å². The molecule has 1 fully saturated rings. The normalized spacial score (nSPS) is 22.5. The van der Waals surface area contributed by atoms with E-state index in [1.165, 1.54) is 0 Å². The zero-order valence-electron chi connectivity index (χ0n) is 12.9. The lowest BCUT2D eigenvalue weighted by Crippen LogP contribution is -2.48. The lowest BCUT2D eigenvalue weighted by atomic mass is 9.87. The van der Waals surface area contributed by atoms with Crippen molar-refractivity contribution in [1.82, 2.24) is 4.98 Å². The smallest absolute Gasteiger partial charge is 0.204 e. The van der Waals surface area contributed by atoms with Gasteiger partial charge in [0, 0.05) is 41.3 Å². The molecule has 24 heavy (non-hydrogen) atoms. The number of Topliss-reactive ketones (excluding diaryl/α,β-unsaturated/α-hetero) is 1. The minimum atomic E-state index is -1.53. The van der Waals surface area contributed by atoms with Crippen molar-refractivity contribution < 1.29 is 9.90 Å². The van der Waals surface area contributed by atoms with E-state index in [1.807, 2.05) is 59.6 Å². The summed E-state index contributed by atoms with van der Waals surface area (Å²) in [6, 6.07) is 15.3. The molecule has 2 aromatic carbocycles. The summed E-state index contributed by atoms with van der Waals surface area (Å²) in [5.41, 5.74) is 1.43. The van der Waals surface area contributed by atoms with Gasteiger partial charge in [0.2, 0.25) is 5.78 Å². The number of fused-ring (bicyclic) bond motifs is 3. The highest BCUT2D eigenvalue weighted by molar-refractivity contribution is 6.29. The van der Waals surface area contributed by atoms with E-state index < -0.39 is 5.60 Å². The third-order valence-electron chi connectivity index (χ3n) is 4.91. The highest BCUT2D eigenvalue weighted by atomic mass is 16.3. The van der Waals surface area contributed by atoms with Gasteiger partial charge in [-0.1, -0.05) is 18.2 Å². The van der Waals surface area contributed by atoms with E-state index in [-0.39, 0.29) is 5.78 Å². The quantitative estimate of drug-likeness (QED) is 0.725. The van der Waals surface area contributed by atoms with Gasteiger partial charge in [-0.3, -0.25) is 4.79 Å². The number of hydrogen-bond acceptors (Lipinski definition) is 4. The van der Waals surface area contributed by atoms with Crippen molar-refractivity contribution >= 4 is 33.9 Å². The van der Waals surface area contributed by atoms with Crippen molar-refractivity contribution in [2.75, 3.05) is 11.4 Å². The van der Waals surface area contributed by atoms with E-state index in [9.17, 15) is 9.90 Å².